The number of aliphatic hydroxyl groups is 1. The Morgan fingerprint density at radius 2 is 1.81 bits per heavy atom. The topological polar surface area (TPSA) is 80.7 Å². The molecule has 16 heavy (non-hydrogen) atoms. The monoisotopic (exact) mass is 244 g/mol. The third kappa shape index (κ3) is 3.63. The number of hydrogen-bond acceptors (Lipinski definition) is 5. The summed E-state index contributed by atoms with van der Waals surface area (Å²) in [5.41, 5.74) is 0.397. The number of ketones is 1. The molecule has 6 heteroatoms. The first-order chi connectivity index (χ1) is 7.29. The van der Waals surface area contributed by atoms with Gasteiger partial charge in [0.15, 0.2) is 5.78 Å². The largest absolute Gasteiger partial charge is 0.383 e. The van der Waals surface area contributed by atoms with Crippen LogP contribution in [0.1, 0.15) is 18.6 Å². The van der Waals surface area contributed by atoms with E-state index < -0.39 is 16.2 Å². The van der Waals surface area contributed by atoms with Gasteiger partial charge in [0.25, 0.3) is 0 Å². The Morgan fingerprint density at radius 1 is 1.31 bits per heavy atom. The average Bonchev–Trinajstić information content (AvgIpc) is 2.15. The summed E-state index contributed by atoms with van der Waals surface area (Å²) in [7, 11) is -3.56. The van der Waals surface area contributed by atoms with Crippen LogP contribution in [0.4, 0.5) is 0 Å². The molecule has 0 aliphatic carbocycles. The SMILES string of the molecule is CC(=O)C(O)c1ccc(OS(C)(=O)=O)cc1. The summed E-state index contributed by atoms with van der Waals surface area (Å²) in [5.74, 6) is -0.237. The van der Waals surface area contributed by atoms with E-state index in [-0.39, 0.29) is 11.5 Å². The molecule has 1 aromatic carbocycles. The van der Waals surface area contributed by atoms with Gasteiger partial charge in [0.1, 0.15) is 11.9 Å². The fraction of sp³-hybridized carbons (Fsp3) is 0.300. The van der Waals surface area contributed by atoms with Crippen molar-refractivity contribution in [1.29, 1.82) is 0 Å². The normalized spacial score (nSPS) is 13.2. The summed E-state index contributed by atoms with van der Waals surface area (Å²) in [6.45, 7) is 1.27. The third-order valence-corrected chi connectivity index (χ3v) is 2.32. The molecule has 0 saturated heterocycles. The van der Waals surface area contributed by atoms with Gasteiger partial charge in [0.05, 0.1) is 6.26 Å². The molecule has 0 radical (unpaired) electrons. The first-order valence-electron chi connectivity index (χ1n) is 4.47. The lowest BCUT2D eigenvalue weighted by molar-refractivity contribution is -0.125. The van der Waals surface area contributed by atoms with Gasteiger partial charge in [-0.05, 0) is 24.6 Å². The Morgan fingerprint density at radius 3 is 2.19 bits per heavy atom. The van der Waals surface area contributed by atoms with Gasteiger partial charge < -0.3 is 9.29 Å². The van der Waals surface area contributed by atoms with E-state index in [1.165, 1.54) is 31.2 Å². The van der Waals surface area contributed by atoms with E-state index in [9.17, 15) is 18.3 Å². The highest BCUT2D eigenvalue weighted by Crippen LogP contribution is 2.19. The van der Waals surface area contributed by atoms with Crippen molar-refractivity contribution in [2.45, 2.75) is 13.0 Å². The number of hydrogen-bond donors (Lipinski definition) is 1. The van der Waals surface area contributed by atoms with Gasteiger partial charge in [-0.15, -0.1) is 0 Å². The van der Waals surface area contributed by atoms with E-state index in [4.69, 9.17) is 0 Å². The maximum absolute atomic E-state index is 10.9. The zero-order valence-corrected chi connectivity index (χ0v) is 9.69. The molecule has 0 amide bonds. The van der Waals surface area contributed by atoms with Crippen molar-refractivity contribution in [2.75, 3.05) is 6.26 Å². The molecule has 0 spiro atoms. The highest BCUT2D eigenvalue weighted by molar-refractivity contribution is 7.86. The third-order valence-electron chi connectivity index (χ3n) is 1.83. The van der Waals surface area contributed by atoms with Crippen LogP contribution in [0.3, 0.4) is 0 Å². The second-order valence-corrected chi connectivity index (χ2v) is 4.94. The summed E-state index contributed by atoms with van der Waals surface area (Å²) in [5, 5.41) is 9.41. The van der Waals surface area contributed by atoms with Crippen molar-refractivity contribution in [1.82, 2.24) is 0 Å². The Balaban J connectivity index is 2.87. The van der Waals surface area contributed by atoms with Crippen molar-refractivity contribution in [3.05, 3.63) is 29.8 Å². The lowest BCUT2D eigenvalue weighted by Crippen LogP contribution is -2.08. The van der Waals surface area contributed by atoms with E-state index >= 15 is 0 Å². The van der Waals surface area contributed by atoms with Crippen molar-refractivity contribution in [2.24, 2.45) is 0 Å². The molecule has 1 atom stereocenters. The fourth-order valence-electron chi connectivity index (χ4n) is 1.12. The average molecular weight is 244 g/mol. The standard InChI is InChI=1S/C10H12O5S/c1-7(11)10(12)8-3-5-9(6-4-8)15-16(2,13)14/h3-6,10,12H,1-2H3. The van der Waals surface area contributed by atoms with Crippen molar-refractivity contribution >= 4 is 15.9 Å². The minimum Gasteiger partial charge on any atom is -0.383 e. The minimum atomic E-state index is -3.56. The maximum Gasteiger partial charge on any atom is 0.306 e. The summed E-state index contributed by atoms with van der Waals surface area (Å²) < 4.78 is 26.2. The fourth-order valence-corrected chi connectivity index (χ4v) is 1.58. The Hall–Kier alpha value is -1.40. The number of Topliss-reactive ketones (excluding diaryl/α,β-unsaturated/α-hetero) is 1. The lowest BCUT2D eigenvalue weighted by atomic mass is 10.1. The molecule has 1 unspecified atom stereocenters. The number of benzene rings is 1. The molecular weight excluding hydrogens is 232 g/mol. The van der Waals surface area contributed by atoms with Gasteiger partial charge in [0.2, 0.25) is 0 Å². The van der Waals surface area contributed by atoms with Crippen LogP contribution in [0, 0.1) is 0 Å². The number of aliphatic hydroxyl groups excluding tert-OH is 1. The van der Waals surface area contributed by atoms with E-state index in [1.54, 1.807) is 0 Å². The van der Waals surface area contributed by atoms with Crippen LogP contribution in [-0.4, -0.2) is 25.6 Å². The predicted octanol–water partition coefficient (Wildman–Crippen LogP) is 0.647. The van der Waals surface area contributed by atoms with E-state index in [0.29, 0.717) is 5.56 Å². The summed E-state index contributed by atoms with van der Waals surface area (Å²) in [6, 6.07) is 5.63. The van der Waals surface area contributed by atoms with Crippen LogP contribution in [0.5, 0.6) is 5.75 Å². The van der Waals surface area contributed by atoms with Gasteiger partial charge in [-0.2, -0.15) is 8.42 Å². The van der Waals surface area contributed by atoms with Crippen LogP contribution in [0.15, 0.2) is 24.3 Å². The minimum absolute atomic E-state index is 0.141. The number of rotatable bonds is 4. The van der Waals surface area contributed by atoms with Gasteiger partial charge in [-0.3, -0.25) is 4.79 Å². The predicted molar refractivity (Wildman–Crippen MR) is 57.6 cm³/mol. The quantitative estimate of drug-likeness (QED) is 0.786. The van der Waals surface area contributed by atoms with Gasteiger partial charge in [0, 0.05) is 0 Å². The molecule has 1 rings (SSSR count). The molecule has 1 N–H and O–H groups in total. The first kappa shape index (κ1) is 12.7. The van der Waals surface area contributed by atoms with Crippen LogP contribution >= 0.6 is 0 Å². The van der Waals surface area contributed by atoms with E-state index in [0.717, 1.165) is 6.26 Å². The van der Waals surface area contributed by atoms with Gasteiger partial charge in [-0.1, -0.05) is 12.1 Å². The second-order valence-electron chi connectivity index (χ2n) is 3.37. The molecule has 88 valence electrons. The summed E-state index contributed by atoms with van der Waals surface area (Å²) in [6.07, 6.45) is -0.252. The Labute approximate surface area is 93.8 Å². The molecular formula is C10H12O5S. The maximum atomic E-state index is 10.9. The molecule has 0 aromatic heterocycles. The van der Waals surface area contributed by atoms with Crippen LogP contribution in [0.2, 0.25) is 0 Å². The van der Waals surface area contributed by atoms with Crippen molar-refractivity contribution in [3.8, 4) is 5.75 Å². The molecule has 5 nitrogen and oxygen atoms in total. The summed E-state index contributed by atoms with van der Waals surface area (Å²) in [4.78, 5) is 10.9. The molecule has 0 bridgehead atoms. The molecule has 0 saturated carbocycles. The van der Waals surface area contributed by atoms with Crippen LogP contribution in [0.25, 0.3) is 0 Å². The molecule has 0 aliphatic rings. The lowest BCUT2D eigenvalue weighted by Gasteiger charge is -2.08. The van der Waals surface area contributed by atoms with Crippen LogP contribution in [-0.2, 0) is 14.9 Å². The zero-order valence-electron chi connectivity index (χ0n) is 8.88. The molecule has 0 fully saturated rings. The van der Waals surface area contributed by atoms with E-state index in [1.807, 2.05) is 0 Å². The second kappa shape index (κ2) is 4.63. The van der Waals surface area contributed by atoms with Crippen LogP contribution < -0.4 is 4.18 Å². The van der Waals surface area contributed by atoms with Crippen molar-refractivity contribution in [3.63, 3.8) is 0 Å². The van der Waals surface area contributed by atoms with Gasteiger partial charge in [-0.25, -0.2) is 0 Å². The Kier molecular flexibility index (Phi) is 3.66. The van der Waals surface area contributed by atoms with Crippen molar-refractivity contribution < 1.29 is 22.5 Å². The molecule has 0 aliphatic heterocycles. The molecule has 1 aromatic rings. The zero-order chi connectivity index (χ0) is 12.3. The molecule has 0 heterocycles. The highest BCUT2D eigenvalue weighted by atomic mass is 32.2. The number of carbonyl (C=O) groups excluding carboxylic acids is 1. The summed E-state index contributed by atoms with van der Waals surface area (Å²) >= 11 is 0. The van der Waals surface area contributed by atoms with E-state index in [2.05, 4.69) is 4.18 Å². The first-order valence-corrected chi connectivity index (χ1v) is 6.29. The highest BCUT2D eigenvalue weighted by Gasteiger charge is 2.12. The number of carbonyl (C=O) groups is 1. The Bertz CT molecular complexity index is 474. The smallest absolute Gasteiger partial charge is 0.306 e. The van der Waals surface area contributed by atoms with Gasteiger partial charge >= 0.3 is 10.1 Å².